The molecule has 24 heavy (non-hydrogen) atoms. The Hall–Kier alpha value is -1.92. The van der Waals surface area contributed by atoms with Crippen molar-refractivity contribution in [3.63, 3.8) is 0 Å². The first kappa shape index (κ1) is 18.4. The monoisotopic (exact) mass is 338 g/mol. The van der Waals surface area contributed by atoms with Gasteiger partial charge in [0.05, 0.1) is 31.3 Å². The number of nitrogens with zero attached hydrogens (tertiary/aromatic N) is 1. The maximum atomic E-state index is 11.8. The second kappa shape index (κ2) is 8.26. The molecule has 2 rings (SSSR count). The molecule has 1 fully saturated rings. The van der Waals surface area contributed by atoms with E-state index in [2.05, 4.69) is 10.9 Å². The Balaban J connectivity index is 2.09. The summed E-state index contributed by atoms with van der Waals surface area (Å²) in [5.41, 5.74) is -1.19. The summed E-state index contributed by atoms with van der Waals surface area (Å²) in [5.74, 6) is 2.37. The summed E-state index contributed by atoms with van der Waals surface area (Å²) in [7, 11) is 0. The standard InChI is InChI=1S/C16H22N2O6/c1-4-11-7-15(23-10(2)3)22-9-12(11)24-14(8-19)18-6-5-13(20)17-16(18)21/h1,5-6,10-12,14-15,19H,7-9H2,2-3H3,(H,17,20,21)/t11-,12-,14-,15?/m1/s1. The number of terminal acetylenes is 1. The van der Waals surface area contributed by atoms with Crippen LogP contribution in [0.3, 0.4) is 0 Å². The molecule has 0 aromatic carbocycles. The molecule has 1 aromatic heterocycles. The van der Waals surface area contributed by atoms with Crippen LogP contribution in [0, 0.1) is 18.3 Å². The molecule has 1 aliphatic rings. The molecular formula is C16H22N2O6. The van der Waals surface area contributed by atoms with Gasteiger partial charge < -0.3 is 19.3 Å². The van der Waals surface area contributed by atoms with Crippen molar-refractivity contribution < 1.29 is 19.3 Å². The van der Waals surface area contributed by atoms with Crippen molar-refractivity contribution in [1.29, 1.82) is 0 Å². The average molecular weight is 338 g/mol. The lowest BCUT2D eigenvalue weighted by Gasteiger charge is -2.36. The number of aliphatic hydroxyl groups excluding tert-OH is 1. The maximum Gasteiger partial charge on any atom is 0.330 e. The van der Waals surface area contributed by atoms with Crippen molar-refractivity contribution in [1.82, 2.24) is 9.55 Å². The van der Waals surface area contributed by atoms with Crippen LogP contribution >= 0.6 is 0 Å². The highest BCUT2D eigenvalue weighted by Crippen LogP contribution is 2.26. The lowest BCUT2D eigenvalue weighted by molar-refractivity contribution is -0.232. The highest BCUT2D eigenvalue weighted by atomic mass is 16.7. The largest absolute Gasteiger partial charge is 0.392 e. The zero-order chi connectivity index (χ0) is 17.7. The van der Waals surface area contributed by atoms with E-state index < -0.39 is 36.5 Å². The van der Waals surface area contributed by atoms with Gasteiger partial charge in [0, 0.05) is 18.7 Å². The highest BCUT2D eigenvalue weighted by Gasteiger charge is 2.34. The molecule has 2 N–H and O–H groups in total. The molecule has 0 radical (unpaired) electrons. The fourth-order valence-electron chi connectivity index (χ4n) is 2.51. The lowest BCUT2D eigenvalue weighted by atomic mass is 9.97. The molecule has 1 saturated heterocycles. The van der Waals surface area contributed by atoms with Gasteiger partial charge in [-0.3, -0.25) is 14.3 Å². The second-order valence-electron chi connectivity index (χ2n) is 5.79. The van der Waals surface area contributed by atoms with Gasteiger partial charge in [0.1, 0.15) is 0 Å². The highest BCUT2D eigenvalue weighted by molar-refractivity contribution is 4.99. The number of H-pyrrole nitrogens is 1. The number of hydrogen-bond donors (Lipinski definition) is 2. The number of aromatic nitrogens is 2. The van der Waals surface area contributed by atoms with Gasteiger partial charge in [0.2, 0.25) is 0 Å². The second-order valence-corrected chi connectivity index (χ2v) is 5.79. The molecule has 0 spiro atoms. The summed E-state index contributed by atoms with van der Waals surface area (Å²) in [4.78, 5) is 25.1. The van der Waals surface area contributed by atoms with E-state index in [0.29, 0.717) is 6.42 Å². The molecule has 8 heteroatoms. The van der Waals surface area contributed by atoms with Crippen LogP contribution in [0.4, 0.5) is 0 Å². The van der Waals surface area contributed by atoms with Gasteiger partial charge in [-0.05, 0) is 13.8 Å². The number of aromatic amines is 1. The number of rotatable bonds is 6. The minimum Gasteiger partial charge on any atom is -0.392 e. The van der Waals surface area contributed by atoms with Gasteiger partial charge in [-0.15, -0.1) is 12.3 Å². The van der Waals surface area contributed by atoms with Crippen molar-refractivity contribution in [2.75, 3.05) is 13.2 Å². The molecule has 1 aromatic rings. The summed E-state index contributed by atoms with van der Waals surface area (Å²) in [6.07, 6.45) is 5.42. The zero-order valence-corrected chi connectivity index (χ0v) is 13.7. The summed E-state index contributed by atoms with van der Waals surface area (Å²) in [5, 5.41) is 9.54. The van der Waals surface area contributed by atoms with E-state index in [-0.39, 0.29) is 18.6 Å². The maximum absolute atomic E-state index is 11.8. The molecule has 1 aliphatic heterocycles. The predicted octanol–water partition coefficient (Wildman–Crippen LogP) is -0.166. The van der Waals surface area contributed by atoms with Crippen LogP contribution in [-0.2, 0) is 14.2 Å². The van der Waals surface area contributed by atoms with E-state index in [9.17, 15) is 14.7 Å². The van der Waals surface area contributed by atoms with Gasteiger partial charge in [-0.25, -0.2) is 4.79 Å². The van der Waals surface area contributed by atoms with Crippen molar-refractivity contribution in [3.8, 4) is 12.3 Å². The number of aliphatic hydroxyl groups is 1. The lowest BCUT2D eigenvalue weighted by Crippen LogP contribution is -2.43. The predicted molar refractivity (Wildman–Crippen MR) is 85.2 cm³/mol. The minimum absolute atomic E-state index is 0.0100. The summed E-state index contributed by atoms with van der Waals surface area (Å²) in [6.45, 7) is 3.54. The topological polar surface area (TPSA) is 103 Å². The van der Waals surface area contributed by atoms with Gasteiger partial charge in [-0.2, -0.15) is 0 Å². The van der Waals surface area contributed by atoms with Gasteiger partial charge in [-0.1, -0.05) is 0 Å². The van der Waals surface area contributed by atoms with Crippen LogP contribution in [0.2, 0.25) is 0 Å². The Bertz CT molecular complexity index is 689. The van der Waals surface area contributed by atoms with E-state index in [1.807, 2.05) is 13.8 Å². The molecular weight excluding hydrogens is 316 g/mol. The van der Waals surface area contributed by atoms with E-state index in [0.717, 1.165) is 4.57 Å². The third kappa shape index (κ3) is 4.55. The van der Waals surface area contributed by atoms with E-state index >= 15 is 0 Å². The first-order chi connectivity index (χ1) is 11.4. The number of nitrogens with one attached hydrogen (secondary N) is 1. The molecule has 8 nitrogen and oxygen atoms in total. The Morgan fingerprint density at radius 1 is 1.50 bits per heavy atom. The molecule has 1 unspecified atom stereocenters. The zero-order valence-electron chi connectivity index (χ0n) is 13.7. The van der Waals surface area contributed by atoms with E-state index in [1.54, 1.807) is 0 Å². The molecule has 2 heterocycles. The molecule has 0 saturated carbocycles. The third-order valence-corrected chi connectivity index (χ3v) is 3.63. The molecule has 0 bridgehead atoms. The Labute approximate surface area is 139 Å². The smallest absolute Gasteiger partial charge is 0.330 e. The van der Waals surface area contributed by atoms with Crippen LogP contribution in [-0.4, -0.2) is 46.4 Å². The van der Waals surface area contributed by atoms with Gasteiger partial charge in [0.25, 0.3) is 5.56 Å². The molecule has 4 atom stereocenters. The van der Waals surface area contributed by atoms with Crippen LogP contribution in [0.5, 0.6) is 0 Å². The van der Waals surface area contributed by atoms with Gasteiger partial charge in [0.15, 0.2) is 12.5 Å². The van der Waals surface area contributed by atoms with Crippen molar-refractivity contribution in [2.24, 2.45) is 5.92 Å². The van der Waals surface area contributed by atoms with Crippen LogP contribution in [0.1, 0.15) is 26.5 Å². The SMILES string of the molecule is C#C[C@@H]1CC(OC(C)C)OC[C@H]1O[C@H](CO)n1ccc(=O)[nH]c1=O. The summed E-state index contributed by atoms with van der Waals surface area (Å²) < 4.78 is 18.1. The van der Waals surface area contributed by atoms with Crippen molar-refractivity contribution in [2.45, 2.75) is 45.0 Å². The Morgan fingerprint density at radius 2 is 2.25 bits per heavy atom. The van der Waals surface area contributed by atoms with Crippen LogP contribution < -0.4 is 11.2 Å². The Kier molecular flexibility index (Phi) is 6.34. The molecule has 0 amide bonds. The fourth-order valence-corrected chi connectivity index (χ4v) is 2.51. The molecule has 0 aliphatic carbocycles. The number of hydrogen-bond acceptors (Lipinski definition) is 6. The quantitative estimate of drug-likeness (QED) is 0.699. The average Bonchev–Trinajstić information content (AvgIpc) is 2.53. The summed E-state index contributed by atoms with van der Waals surface area (Å²) in [6, 6.07) is 1.18. The fraction of sp³-hybridized carbons (Fsp3) is 0.625. The van der Waals surface area contributed by atoms with Crippen molar-refractivity contribution in [3.05, 3.63) is 33.1 Å². The number of ether oxygens (including phenoxy) is 3. The van der Waals surface area contributed by atoms with Crippen LogP contribution in [0.25, 0.3) is 0 Å². The first-order valence-corrected chi connectivity index (χ1v) is 7.75. The normalized spacial score (nSPS) is 25.4. The summed E-state index contributed by atoms with van der Waals surface area (Å²) >= 11 is 0. The first-order valence-electron chi connectivity index (χ1n) is 7.75. The Morgan fingerprint density at radius 3 is 2.83 bits per heavy atom. The van der Waals surface area contributed by atoms with Crippen LogP contribution in [0.15, 0.2) is 21.9 Å². The van der Waals surface area contributed by atoms with Crippen molar-refractivity contribution >= 4 is 0 Å². The van der Waals surface area contributed by atoms with E-state index in [4.69, 9.17) is 20.6 Å². The third-order valence-electron chi connectivity index (χ3n) is 3.63. The van der Waals surface area contributed by atoms with Gasteiger partial charge >= 0.3 is 5.69 Å². The minimum atomic E-state index is -0.971. The molecule has 132 valence electrons. The van der Waals surface area contributed by atoms with E-state index in [1.165, 1.54) is 12.3 Å².